The average molecular weight is 272 g/mol. The quantitative estimate of drug-likeness (QED) is 0.621. The maximum Gasteiger partial charge on any atom is 0.303 e. The second-order valence-corrected chi connectivity index (χ2v) is 5.56. The molecular weight excluding hydrogens is 248 g/mol. The van der Waals surface area contributed by atoms with Gasteiger partial charge < -0.3 is 19.7 Å². The minimum absolute atomic E-state index is 0.215. The second-order valence-electron chi connectivity index (χ2n) is 5.56. The maximum atomic E-state index is 10.4. The van der Waals surface area contributed by atoms with Crippen LogP contribution in [0.2, 0.25) is 0 Å². The molecule has 0 amide bonds. The molecule has 4 unspecified atom stereocenters. The molecule has 0 radical (unpaired) electrons. The largest absolute Gasteiger partial charge is 0.481 e. The molecule has 2 fully saturated rings. The molecule has 0 aliphatic carbocycles. The first-order chi connectivity index (χ1) is 9.22. The Labute approximate surface area is 113 Å². The highest BCUT2D eigenvalue weighted by molar-refractivity contribution is 5.66. The number of aliphatic carboxylic acids is 1. The van der Waals surface area contributed by atoms with Crippen molar-refractivity contribution in [2.75, 3.05) is 19.8 Å². The molecule has 2 saturated heterocycles. The van der Waals surface area contributed by atoms with Gasteiger partial charge in [0.1, 0.15) is 0 Å². The predicted molar refractivity (Wildman–Crippen MR) is 68.9 cm³/mol. The van der Waals surface area contributed by atoms with Gasteiger partial charge in [-0.1, -0.05) is 0 Å². The van der Waals surface area contributed by atoms with Crippen molar-refractivity contribution >= 4 is 5.97 Å². The number of hydrogen-bond acceptors (Lipinski definition) is 4. The van der Waals surface area contributed by atoms with Gasteiger partial charge in [0.2, 0.25) is 0 Å². The van der Waals surface area contributed by atoms with E-state index < -0.39 is 5.97 Å². The molecule has 0 aromatic heterocycles. The highest BCUT2D eigenvalue weighted by Gasteiger charge is 2.48. The zero-order valence-electron chi connectivity index (χ0n) is 11.3. The molecule has 0 spiro atoms. The topological polar surface area (TPSA) is 76.0 Å². The fraction of sp³-hybridized carbons (Fsp3) is 0.929. The fourth-order valence-electron chi connectivity index (χ4n) is 3.35. The second kappa shape index (κ2) is 7.22. The van der Waals surface area contributed by atoms with E-state index in [0.29, 0.717) is 43.7 Å². The summed E-state index contributed by atoms with van der Waals surface area (Å²) in [7, 11) is 0. The minimum atomic E-state index is -0.746. The maximum absolute atomic E-state index is 10.4. The number of unbranched alkanes of at least 4 members (excludes halogenated alkanes) is 1. The number of carbonyl (C=O) groups is 1. The van der Waals surface area contributed by atoms with Crippen LogP contribution >= 0.6 is 0 Å². The molecule has 2 rings (SSSR count). The Kier molecular flexibility index (Phi) is 5.60. The van der Waals surface area contributed by atoms with Gasteiger partial charge in [0, 0.05) is 25.6 Å². The van der Waals surface area contributed by atoms with Crippen LogP contribution in [0.3, 0.4) is 0 Å². The molecule has 2 aliphatic heterocycles. The summed E-state index contributed by atoms with van der Waals surface area (Å²) >= 11 is 0. The highest BCUT2D eigenvalue weighted by atomic mass is 16.5. The molecule has 0 saturated carbocycles. The lowest BCUT2D eigenvalue weighted by molar-refractivity contribution is -0.137. The first kappa shape index (κ1) is 14.8. The molecule has 2 bridgehead atoms. The van der Waals surface area contributed by atoms with Gasteiger partial charge >= 0.3 is 5.97 Å². The molecule has 19 heavy (non-hydrogen) atoms. The van der Waals surface area contributed by atoms with Crippen LogP contribution in [0, 0.1) is 11.8 Å². The van der Waals surface area contributed by atoms with E-state index in [-0.39, 0.29) is 13.0 Å². The molecule has 110 valence electrons. The third-order valence-electron chi connectivity index (χ3n) is 4.29. The molecule has 2 heterocycles. The smallest absolute Gasteiger partial charge is 0.303 e. The number of hydrogen-bond donors (Lipinski definition) is 2. The van der Waals surface area contributed by atoms with E-state index in [1.165, 1.54) is 0 Å². The van der Waals surface area contributed by atoms with Crippen LogP contribution < -0.4 is 0 Å². The minimum Gasteiger partial charge on any atom is -0.481 e. The summed E-state index contributed by atoms with van der Waals surface area (Å²) in [6, 6.07) is 0. The summed E-state index contributed by atoms with van der Waals surface area (Å²) in [5.74, 6) is 0.0951. The summed E-state index contributed by atoms with van der Waals surface area (Å²) in [5.41, 5.74) is 0. The molecule has 2 N–H and O–H groups in total. The van der Waals surface area contributed by atoms with Gasteiger partial charge in [0.15, 0.2) is 0 Å². The summed E-state index contributed by atoms with van der Waals surface area (Å²) in [4.78, 5) is 10.4. The van der Waals surface area contributed by atoms with E-state index in [0.717, 1.165) is 25.7 Å². The number of carboxylic acid groups (broad SMARTS) is 1. The Balaban J connectivity index is 1.63. The Morgan fingerprint density at radius 3 is 2.63 bits per heavy atom. The van der Waals surface area contributed by atoms with Crippen molar-refractivity contribution in [1.82, 2.24) is 0 Å². The van der Waals surface area contributed by atoms with E-state index in [4.69, 9.17) is 19.7 Å². The van der Waals surface area contributed by atoms with Gasteiger partial charge in [-0.3, -0.25) is 4.79 Å². The molecule has 5 heteroatoms. The van der Waals surface area contributed by atoms with Gasteiger partial charge in [-0.15, -0.1) is 0 Å². The number of rotatable bonds is 9. The number of ether oxygens (including phenoxy) is 2. The van der Waals surface area contributed by atoms with Crippen LogP contribution in [0.5, 0.6) is 0 Å². The summed E-state index contributed by atoms with van der Waals surface area (Å²) in [5, 5.41) is 17.6. The van der Waals surface area contributed by atoms with Crippen molar-refractivity contribution in [2.45, 2.75) is 50.7 Å². The molecule has 0 aromatic carbocycles. The first-order valence-corrected chi connectivity index (χ1v) is 7.28. The summed E-state index contributed by atoms with van der Waals surface area (Å²) < 4.78 is 11.6. The van der Waals surface area contributed by atoms with Crippen molar-refractivity contribution in [2.24, 2.45) is 11.8 Å². The van der Waals surface area contributed by atoms with Crippen LogP contribution in [0.15, 0.2) is 0 Å². The third kappa shape index (κ3) is 3.91. The lowest BCUT2D eigenvalue weighted by Gasteiger charge is -2.27. The standard InChI is InChI=1S/C14H24O5/c15-7-6-10-11(13-5-4-12(10)19-13)9-18-8-2-1-3-14(16)17/h10-13,15H,1-9H2,(H,16,17). The normalized spacial score (nSPS) is 32.9. The van der Waals surface area contributed by atoms with E-state index >= 15 is 0 Å². The fourth-order valence-corrected chi connectivity index (χ4v) is 3.35. The summed E-state index contributed by atoms with van der Waals surface area (Å²) in [6.45, 7) is 1.51. The molecular formula is C14H24O5. The van der Waals surface area contributed by atoms with Crippen LogP contribution in [0.25, 0.3) is 0 Å². The van der Waals surface area contributed by atoms with Crippen molar-refractivity contribution in [1.29, 1.82) is 0 Å². The SMILES string of the molecule is O=C(O)CCCCOCC1C2CCC(O2)C1CCO. The van der Waals surface area contributed by atoms with E-state index in [1.54, 1.807) is 0 Å². The highest BCUT2D eigenvalue weighted by Crippen LogP contribution is 2.44. The Morgan fingerprint density at radius 1 is 1.21 bits per heavy atom. The third-order valence-corrected chi connectivity index (χ3v) is 4.29. The van der Waals surface area contributed by atoms with Crippen molar-refractivity contribution in [3.63, 3.8) is 0 Å². The number of carboxylic acids is 1. The molecule has 2 aliphatic rings. The van der Waals surface area contributed by atoms with Crippen molar-refractivity contribution in [3.05, 3.63) is 0 Å². The number of aliphatic hydroxyl groups is 1. The van der Waals surface area contributed by atoms with Crippen LogP contribution in [0.1, 0.15) is 38.5 Å². The number of fused-ring (bicyclic) bond motifs is 2. The van der Waals surface area contributed by atoms with E-state index in [2.05, 4.69) is 0 Å². The zero-order valence-corrected chi connectivity index (χ0v) is 11.3. The van der Waals surface area contributed by atoms with E-state index in [1.807, 2.05) is 0 Å². The lowest BCUT2D eigenvalue weighted by Crippen LogP contribution is -2.31. The average Bonchev–Trinajstić information content (AvgIpc) is 2.95. The zero-order chi connectivity index (χ0) is 13.7. The van der Waals surface area contributed by atoms with Crippen molar-refractivity contribution in [3.8, 4) is 0 Å². The Morgan fingerprint density at radius 2 is 1.95 bits per heavy atom. The van der Waals surface area contributed by atoms with E-state index in [9.17, 15) is 4.79 Å². The van der Waals surface area contributed by atoms with Crippen LogP contribution in [0.4, 0.5) is 0 Å². The Hall–Kier alpha value is -0.650. The summed E-state index contributed by atoms with van der Waals surface area (Å²) in [6.07, 6.45) is 5.33. The van der Waals surface area contributed by atoms with Gasteiger partial charge in [0.25, 0.3) is 0 Å². The first-order valence-electron chi connectivity index (χ1n) is 7.28. The van der Waals surface area contributed by atoms with Gasteiger partial charge in [0.05, 0.1) is 18.8 Å². The lowest BCUT2D eigenvalue weighted by atomic mass is 9.78. The molecule has 4 atom stereocenters. The molecule has 5 nitrogen and oxygen atoms in total. The van der Waals surface area contributed by atoms with Gasteiger partial charge in [-0.2, -0.15) is 0 Å². The van der Waals surface area contributed by atoms with Gasteiger partial charge in [-0.05, 0) is 38.0 Å². The predicted octanol–water partition coefficient (Wildman–Crippen LogP) is 1.43. The van der Waals surface area contributed by atoms with Gasteiger partial charge in [-0.25, -0.2) is 0 Å². The number of aliphatic hydroxyl groups excluding tert-OH is 1. The monoisotopic (exact) mass is 272 g/mol. The molecule has 0 aromatic rings. The van der Waals surface area contributed by atoms with Crippen LogP contribution in [-0.4, -0.2) is 48.2 Å². The van der Waals surface area contributed by atoms with Crippen molar-refractivity contribution < 1.29 is 24.5 Å². The Bertz CT molecular complexity index is 294. The van der Waals surface area contributed by atoms with Crippen LogP contribution in [-0.2, 0) is 14.3 Å².